The van der Waals surface area contributed by atoms with E-state index in [9.17, 15) is 9.59 Å². The summed E-state index contributed by atoms with van der Waals surface area (Å²) in [5.41, 5.74) is 1.17. The van der Waals surface area contributed by atoms with E-state index in [1.54, 1.807) is 23.1 Å². The van der Waals surface area contributed by atoms with E-state index in [1.807, 2.05) is 44.2 Å². The fourth-order valence-corrected chi connectivity index (χ4v) is 4.33. The summed E-state index contributed by atoms with van der Waals surface area (Å²) in [6, 6.07) is 13.8. The van der Waals surface area contributed by atoms with Crippen LogP contribution in [0.2, 0.25) is 10.0 Å². The number of hydrogen-bond acceptors (Lipinski definition) is 5. The van der Waals surface area contributed by atoms with Gasteiger partial charge in [0.2, 0.25) is 12.7 Å². The van der Waals surface area contributed by atoms with Crippen molar-refractivity contribution in [1.29, 1.82) is 0 Å². The normalized spacial score (nSPS) is 11.9. The zero-order valence-corrected chi connectivity index (χ0v) is 21.6. The van der Waals surface area contributed by atoms with Crippen LogP contribution in [-0.2, 0) is 17.9 Å². The maximum Gasteiger partial charge on any atom is 0.322 e. The number of amides is 3. The Morgan fingerprint density at radius 2 is 1.72 bits per heavy atom. The van der Waals surface area contributed by atoms with Gasteiger partial charge >= 0.3 is 6.03 Å². The quantitative estimate of drug-likeness (QED) is 0.360. The highest BCUT2D eigenvalue weighted by Crippen LogP contribution is 2.33. The number of carbonyl (C=O) groups excluding carboxylic acids is 2. The monoisotopic (exact) mass is 531 g/mol. The molecule has 3 amide bonds. The summed E-state index contributed by atoms with van der Waals surface area (Å²) in [6.07, 6.45) is 0.663. The minimum atomic E-state index is -0.461. The average Bonchev–Trinajstić information content (AvgIpc) is 3.48. The van der Waals surface area contributed by atoms with Crippen LogP contribution in [0.1, 0.15) is 30.4 Å². The molecule has 2 heterocycles. The van der Waals surface area contributed by atoms with Crippen molar-refractivity contribution in [2.45, 2.75) is 33.4 Å². The molecule has 0 bridgehead atoms. The van der Waals surface area contributed by atoms with E-state index < -0.39 is 6.03 Å². The highest BCUT2D eigenvalue weighted by molar-refractivity contribution is 6.39. The molecule has 1 aliphatic rings. The minimum absolute atomic E-state index is 0.133. The predicted molar refractivity (Wildman–Crippen MR) is 138 cm³/mol. The molecule has 0 saturated heterocycles. The first-order valence-corrected chi connectivity index (χ1v) is 12.3. The van der Waals surface area contributed by atoms with Crippen molar-refractivity contribution in [3.8, 4) is 11.5 Å². The fourth-order valence-electron chi connectivity index (χ4n) is 3.84. The maximum absolute atomic E-state index is 13.5. The van der Waals surface area contributed by atoms with Crippen LogP contribution in [0.3, 0.4) is 0 Å². The summed E-state index contributed by atoms with van der Waals surface area (Å²) in [7, 11) is 0. The third-order valence-corrected chi connectivity index (χ3v) is 6.24. The molecule has 1 N–H and O–H groups in total. The second kappa shape index (κ2) is 11.6. The predicted octanol–water partition coefficient (Wildman–Crippen LogP) is 6.10. The van der Waals surface area contributed by atoms with Gasteiger partial charge in [-0.15, -0.1) is 0 Å². The van der Waals surface area contributed by atoms with Crippen LogP contribution in [-0.4, -0.2) is 41.6 Å². The number of aryl methyl sites for hydroxylation is 1. The summed E-state index contributed by atoms with van der Waals surface area (Å²) >= 11 is 12.4. The molecular formula is C26H27Cl2N3O5. The molecule has 0 aliphatic carbocycles. The first-order valence-electron chi connectivity index (χ1n) is 11.6. The van der Waals surface area contributed by atoms with Crippen LogP contribution in [0.25, 0.3) is 0 Å². The summed E-state index contributed by atoms with van der Waals surface area (Å²) in [6.45, 7) is 4.74. The molecule has 1 aromatic heterocycles. The Morgan fingerprint density at radius 1 is 0.972 bits per heavy atom. The van der Waals surface area contributed by atoms with Gasteiger partial charge in [-0.05, 0) is 55.3 Å². The van der Waals surface area contributed by atoms with E-state index in [-0.39, 0.29) is 25.8 Å². The lowest BCUT2D eigenvalue weighted by Crippen LogP contribution is -2.44. The van der Waals surface area contributed by atoms with E-state index in [2.05, 4.69) is 5.32 Å². The molecule has 0 radical (unpaired) electrons. The number of rotatable bonds is 9. The number of ether oxygens (including phenoxy) is 2. The molecule has 0 unspecified atom stereocenters. The number of halogens is 2. The van der Waals surface area contributed by atoms with Gasteiger partial charge < -0.3 is 29.0 Å². The second-order valence-corrected chi connectivity index (χ2v) is 9.21. The summed E-state index contributed by atoms with van der Waals surface area (Å²) in [5, 5.41) is 3.37. The van der Waals surface area contributed by atoms with Gasteiger partial charge in [0.25, 0.3) is 0 Å². The lowest BCUT2D eigenvalue weighted by molar-refractivity contribution is -0.133. The lowest BCUT2D eigenvalue weighted by Gasteiger charge is -2.27. The molecule has 3 aromatic rings. The molecule has 0 fully saturated rings. The number of carbonyl (C=O) groups is 2. The van der Waals surface area contributed by atoms with Crippen LogP contribution in [0.15, 0.2) is 52.9 Å². The number of nitrogens with one attached hydrogen (secondary N) is 1. The minimum Gasteiger partial charge on any atom is -0.464 e. The number of para-hydroxylation sites is 1. The van der Waals surface area contributed by atoms with Crippen molar-refractivity contribution in [3.05, 3.63) is 75.7 Å². The molecule has 2 aromatic carbocycles. The van der Waals surface area contributed by atoms with Crippen molar-refractivity contribution in [2.24, 2.45) is 0 Å². The van der Waals surface area contributed by atoms with E-state index in [1.165, 1.54) is 4.90 Å². The third kappa shape index (κ3) is 6.25. The number of nitrogens with zero attached hydrogens (tertiary/aromatic N) is 2. The van der Waals surface area contributed by atoms with E-state index in [0.717, 1.165) is 11.3 Å². The van der Waals surface area contributed by atoms with Gasteiger partial charge in [0, 0.05) is 13.1 Å². The van der Waals surface area contributed by atoms with Crippen LogP contribution in [0.4, 0.5) is 10.5 Å². The molecule has 10 heteroatoms. The SMILES string of the molecule is CCCN(CC(=O)N(Cc1ccc2c(c1)OCO2)Cc1ccc(C)o1)C(=O)Nc1c(Cl)cccc1Cl. The van der Waals surface area contributed by atoms with E-state index in [4.69, 9.17) is 37.1 Å². The molecule has 8 nitrogen and oxygen atoms in total. The average molecular weight is 532 g/mol. The molecule has 190 valence electrons. The highest BCUT2D eigenvalue weighted by atomic mass is 35.5. The third-order valence-electron chi connectivity index (χ3n) is 5.61. The number of urea groups is 1. The van der Waals surface area contributed by atoms with Crippen LogP contribution >= 0.6 is 23.2 Å². The topological polar surface area (TPSA) is 84.2 Å². The van der Waals surface area contributed by atoms with Crippen molar-refractivity contribution in [2.75, 3.05) is 25.2 Å². The summed E-state index contributed by atoms with van der Waals surface area (Å²) in [4.78, 5) is 29.7. The van der Waals surface area contributed by atoms with Gasteiger partial charge in [-0.2, -0.15) is 0 Å². The van der Waals surface area contributed by atoms with Gasteiger partial charge in [0.05, 0.1) is 22.3 Å². The molecule has 0 atom stereocenters. The van der Waals surface area contributed by atoms with Gasteiger partial charge in [-0.3, -0.25) is 4.79 Å². The second-order valence-electron chi connectivity index (χ2n) is 8.40. The zero-order valence-electron chi connectivity index (χ0n) is 20.1. The van der Waals surface area contributed by atoms with Crippen molar-refractivity contribution < 1.29 is 23.5 Å². The van der Waals surface area contributed by atoms with Gasteiger partial charge in [0.15, 0.2) is 11.5 Å². The Labute approximate surface area is 219 Å². The van der Waals surface area contributed by atoms with E-state index in [0.29, 0.717) is 52.5 Å². The van der Waals surface area contributed by atoms with Gasteiger partial charge in [0.1, 0.15) is 18.1 Å². The summed E-state index contributed by atoms with van der Waals surface area (Å²) in [5.74, 6) is 2.47. The lowest BCUT2D eigenvalue weighted by atomic mass is 10.2. The highest BCUT2D eigenvalue weighted by Gasteiger charge is 2.24. The Bertz CT molecular complexity index is 1230. The van der Waals surface area contributed by atoms with Crippen LogP contribution in [0.5, 0.6) is 11.5 Å². The largest absolute Gasteiger partial charge is 0.464 e. The number of fused-ring (bicyclic) bond motifs is 1. The number of anilines is 1. The smallest absolute Gasteiger partial charge is 0.322 e. The first kappa shape index (κ1) is 25.7. The zero-order chi connectivity index (χ0) is 25.7. The molecular weight excluding hydrogens is 505 g/mol. The maximum atomic E-state index is 13.5. The number of hydrogen-bond donors (Lipinski definition) is 1. The molecule has 0 spiro atoms. The van der Waals surface area contributed by atoms with Gasteiger partial charge in [-0.1, -0.05) is 42.3 Å². The van der Waals surface area contributed by atoms with Crippen molar-refractivity contribution in [1.82, 2.24) is 9.80 Å². The Hall–Kier alpha value is -3.36. The number of furan rings is 1. The molecule has 1 aliphatic heterocycles. The van der Waals surface area contributed by atoms with Crippen molar-refractivity contribution >= 4 is 40.8 Å². The Morgan fingerprint density at radius 3 is 2.42 bits per heavy atom. The molecule has 0 saturated carbocycles. The fraction of sp³-hybridized carbons (Fsp3) is 0.308. The molecule has 36 heavy (non-hydrogen) atoms. The Balaban J connectivity index is 1.52. The Kier molecular flexibility index (Phi) is 8.28. The summed E-state index contributed by atoms with van der Waals surface area (Å²) < 4.78 is 16.6. The van der Waals surface area contributed by atoms with Crippen LogP contribution in [0, 0.1) is 6.92 Å². The first-order chi connectivity index (χ1) is 17.3. The van der Waals surface area contributed by atoms with E-state index >= 15 is 0 Å². The van der Waals surface area contributed by atoms with Gasteiger partial charge in [-0.25, -0.2) is 4.79 Å². The van der Waals surface area contributed by atoms with Crippen molar-refractivity contribution in [3.63, 3.8) is 0 Å². The number of benzene rings is 2. The molecule has 4 rings (SSSR count). The standard InChI is InChI=1S/C26H27Cl2N3O5/c1-3-11-30(26(33)29-25-20(27)5-4-6-21(25)28)15-24(32)31(14-19-9-7-17(2)36-19)13-18-8-10-22-23(12-18)35-16-34-22/h4-10,12H,3,11,13-16H2,1-2H3,(H,29,33). The van der Waals surface area contributed by atoms with Crippen LogP contribution < -0.4 is 14.8 Å².